The third kappa shape index (κ3) is 4.13. The maximum Gasteiger partial charge on any atom is 0.417 e. The van der Waals surface area contributed by atoms with Crippen LogP contribution in [-0.2, 0) is 12.7 Å². The molecule has 0 fully saturated rings. The summed E-state index contributed by atoms with van der Waals surface area (Å²) in [4.78, 5) is 12.1. The maximum atomic E-state index is 13.7. The molecule has 1 amide bonds. The van der Waals surface area contributed by atoms with Gasteiger partial charge in [-0.25, -0.2) is 8.78 Å². The van der Waals surface area contributed by atoms with Crippen molar-refractivity contribution >= 4 is 5.91 Å². The Kier molecular flexibility index (Phi) is 4.93. The predicted octanol–water partition coefficient (Wildman–Crippen LogP) is 4.57. The minimum atomic E-state index is -4.67. The molecule has 0 saturated heterocycles. The molecule has 9 heteroatoms. The molecule has 0 unspecified atom stereocenters. The lowest BCUT2D eigenvalue weighted by Gasteiger charge is -2.12. The Hall–Kier alpha value is -3.23. The van der Waals surface area contributed by atoms with Gasteiger partial charge in [0.1, 0.15) is 17.3 Å². The Morgan fingerprint density at radius 1 is 1.07 bits per heavy atom. The second kappa shape index (κ2) is 7.18. The van der Waals surface area contributed by atoms with Crippen LogP contribution in [0.4, 0.5) is 22.0 Å². The van der Waals surface area contributed by atoms with Gasteiger partial charge in [0.2, 0.25) is 0 Å². The largest absolute Gasteiger partial charge is 0.417 e. The van der Waals surface area contributed by atoms with E-state index in [-0.39, 0.29) is 23.6 Å². The van der Waals surface area contributed by atoms with Crippen LogP contribution in [0.5, 0.6) is 0 Å². The third-order valence-electron chi connectivity index (χ3n) is 3.66. The quantitative estimate of drug-likeness (QED) is 0.673. The van der Waals surface area contributed by atoms with E-state index in [1.165, 1.54) is 18.2 Å². The maximum absolute atomic E-state index is 13.7. The Morgan fingerprint density at radius 3 is 2.52 bits per heavy atom. The van der Waals surface area contributed by atoms with Crippen LogP contribution in [0.25, 0.3) is 11.3 Å². The molecule has 1 N–H and O–H groups in total. The number of alkyl halides is 3. The number of benzene rings is 2. The highest BCUT2D eigenvalue weighted by Crippen LogP contribution is 2.31. The Morgan fingerprint density at radius 2 is 1.81 bits per heavy atom. The minimum absolute atomic E-state index is 0.00700. The zero-order chi connectivity index (χ0) is 19.6. The molecule has 4 nitrogen and oxygen atoms in total. The Bertz CT molecular complexity index is 982. The van der Waals surface area contributed by atoms with Crippen LogP contribution >= 0.6 is 0 Å². The van der Waals surface area contributed by atoms with Crippen molar-refractivity contribution in [2.75, 3.05) is 0 Å². The van der Waals surface area contributed by atoms with E-state index in [4.69, 9.17) is 4.52 Å². The van der Waals surface area contributed by atoms with Crippen LogP contribution in [0.3, 0.4) is 0 Å². The summed E-state index contributed by atoms with van der Waals surface area (Å²) in [7, 11) is 0. The van der Waals surface area contributed by atoms with Crippen molar-refractivity contribution < 1.29 is 31.3 Å². The van der Waals surface area contributed by atoms with Gasteiger partial charge in [-0.15, -0.1) is 0 Å². The first kappa shape index (κ1) is 18.6. The fourth-order valence-electron chi connectivity index (χ4n) is 2.41. The molecule has 2 aromatic carbocycles. The van der Waals surface area contributed by atoms with Crippen molar-refractivity contribution in [2.45, 2.75) is 12.7 Å². The first-order valence-corrected chi connectivity index (χ1v) is 7.61. The van der Waals surface area contributed by atoms with Gasteiger partial charge >= 0.3 is 6.18 Å². The molecule has 1 aromatic heterocycles. The molecule has 0 radical (unpaired) electrons. The topological polar surface area (TPSA) is 55.1 Å². The average Bonchev–Trinajstić information content (AvgIpc) is 3.07. The van der Waals surface area contributed by atoms with E-state index in [0.717, 1.165) is 24.3 Å². The smallest absolute Gasteiger partial charge is 0.356 e. The molecule has 0 aliphatic rings. The molecule has 3 rings (SSSR count). The van der Waals surface area contributed by atoms with Gasteiger partial charge in [0, 0.05) is 12.1 Å². The third-order valence-corrected chi connectivity index (χ3v) is 3.66. The highest BCUT2D eigenvalue weighted by atomic mass is 19.4. The number of carbonyl (C=O) groups excluding carboxylic acids is 1. The lowest BCUT2D eigenvalue weighted by Crippen LogP contribution is -2.26. The number of rotatable bonds is 4. The van der Waals surface area contributed by atoms with Gasteiger partial charge < -0.3 is 9.84 Å². The van der Waals surface area contributed by atoms with Crippen LogP contribution in [0.1, 0.15) is 21.6 Å². The second-order valence-electron chi connectivity index (χ2n) is 5.53. The highest BCUT2D eigenvalue weighted by Gasteiger charge is 2.34. The van der Waals surface area contributed by atoms with E-state index in [2.05, 4.69) is 10.5 Å². The fourth-order valence-corrected chi connectivity index (χ4v) is 2.41. The normalized spacial score (nSPS) is 11.4. The summed E-state index contributed by atoms with van der Waals surface area (Å²) >= 11 is 0. The number of carbonyl (C=O) groups is 1. The number of hydrogen-bond donors (Lipinski definition) is 1. The molecule has 0 aliphatic carbocycles. The molecule has 0 bridgehead atoms. The number of nitrogens with one attached hydrogen (secondary N) is 1. The minimum Gasteiger partial charge on any atom is -0.356 e. The summed E-state index contributed by atoms with van der Waals surface area (Å²) < 4.78 is 70.5. The van der Waals surface area contributed by atoms with Crippen molar-refractivity contribution in [3.63, 3.8) is 0 Å². The van der Waals surface area contributed by atoms with Crippen LogP contribution in [0.15, 0.2) is 53.1 Å². The van der Waals surface area contributed by atoms with Gasteiger partial charge in [-0.05, 0) is 24.3 Å². The van der Waals surface area contributed by atoms with Crippen molar-refractivity contribution in [3.8, 4) is 11.3 Å². The van der Waals surface area contributed by atoms with E-state index < -0.39 is 34.8 Å². The number of hydrogen-bond acceptors (Lipinski definition) is 3. The predicted molar refractivity (Wildman–Crippen MR) is 84.5 cm³/mol. The summed E-state index contributed by atoms with van der Waals surface area (Å²) in [5, 5.41) is 5.92. The van der Waals surface area contributed by atoms with Gasteiger partial charge in [-0.1, -0.05) is 17.3 Å². The van der Waals surface area contributed by atoms with Crippen molar-refractivity contribution in [2.24, 2.45) is 0 Å². The summed E-state index contributed by atoms with van der Waals surface area (Å²) in [5.41, 5.74) is -1.47. The fraction of sp³-hybridized carbons (Fsp3) is 0.111. The lowest BCUT2D eigenvalue weighted by molar-refractivity contribution is -0.137. The first-order valence-electron chi connectivity index (χ1n) is 7.61. The summed E-state index contributed by atoms with van der Waals surface area (Å²) in [5.74, 6) is -2.57. The van der Waals surface area contributed by atoms with Gasteiger partial charge in [-0.2, -0.15) is 13.2 Å². The van der Waals surface area contributed by atoms with Crippen LogP contribution in [0.2, 0.25) is 0 Å². The molecular formula is C18H11F5N2O2. The van der Waals surface area contributed by atoms with Crippen LogP contribution in [-0.4, -0.2) is 11.1 Å². The Labute approximate surface area is 149 Å². The zero-order valence-corrected chi connectivity index (χ0v) is 13.5. The van der Waals surface area contributed by atoms with E-state index in [1.54, 1.807) is 0 Å². The standard InChI is InChI=1S/C18H11F5N2O2/c19-10-5-6-13(15(20)7-10)16-8-11(25-27-16)9-24-17(26)12-3-1-2-4-14(12)18(21,22)23/h1-8H,9H2,(H,24,26). The number of halogens is 5. The average molecular weight is 382 g/mol. The second-order valence-corrected chi connectivity index (χ2v) is 5.53. The molecule has 0 saturated carbocycles. The van der Waals surface area contributed by atoms with Gasteiger partial charge in [0.05, 0.1) is 23.2 Å². The molecule has 3 aromatic rings. The van der Waals surface area contributed by atoms with E-state index in [0.29, 0.717) is 6.07 Å². The number of nitrogens with zero attached hydrogens (tertiary/aromatic N) is 1. The molecule has 140 valence electrons. The number of aromatic nitrogens is 1. The molecule has 0 spiro atoms. The van der Waals surface area contributed by atoms with Crippen molar-refractivity contribution in [1.82, 2.24) is 10.5 Å². The van der Waals surface area contributed by atoms with E-state index in [1.807, 2.05) is 0 Å². The summed E-state index contributed by atoms with van der Waals surface area (Å²) in [6, 6.07) is 8.53. The first-order chi connectivity index (χ1) is 12.8. The highest BCUT2D eigenvalue weighted by molar-refractivity contribution is 5.95. The van der Waals surface area contributed by atoms with Crippen LogP contribution < -0.4 is 5.32 Å². The molecular weight excluding hydrogens is 371 g/mol. The monoisotopic (exact) mass is 382 g/mol. The van der Waals surface area contributed by atoms with E-state index >= 15 is 0 Å². The van der Waals surface area contributed by atoms with Gasteiger partial charge in [-0.3, -0.25) is 4.79 Å². The van der Waals surface area contributed by atoms with Crippen molar-refractivity contribution in [1.29, 1.82) is 0 Å². The summed E-state index contributed by atoms with van der Waals surface area (Å²) in [6.45, 7) is -0.239. The van der Waals surface area contributed by atoms with Crippen molar-refractivity contribution in [3.05, 3.63) is 77.0 Å². The van der Waals surface area contributed by atoms with E-state index in [9.17, 15) is 26.7 Å². The number of amides is 1. The lowest BCUT2D eigenvalue weighted by atomic mass is 10.1. The summed E-state index contributed by atoms with van der Waals surface area (Å²) in [6.07, 6.45) is -4.67. The molecule has 27 heavy (non-hydrogen) atoms. The van der Waals surface area contributed by atoms with Gasteiger partial charge in [0.15, 0.2) is 5.76 Å². The van der Waals surface area contributed by atoms with Crippen LogP contribution in [0, 0.1) is 11.6 Å². The SMILES string of the molecule is O=C(NCc1cc(-c2ccc(F)cc2F)on1)c1ccccc1C(F)(F)F. The molecule has 1 heterocycles. The molecule has 0 aliphatic heterocycles. The zero-order valence-electron chi connectivity index (χ0n) is 13.5. The Balaban J connectivity index is 1.73. The molecule has 0 atom stereocenters. The van der Waals surface area contributed by atoms with Gasteiger partial charge in [0.25, 0.3) is 5.91 Å².